The Morgan fingerprint density at radius 3 is 3.06 bits per heavy atom. The number of rotatable bonds is 2. The maximum absolute atomic E-state index is 11.9. The highest BCUT2D eigenvalue weighted by Crippen LogP contribution is 2.15. The zero-order valence-electron chi connectivity index (χ0n) is 10.5. The Morgan fingerprint density at radius 2 is 2.35 bits per heavy atom. The second kappa shape index (κ2) is 6.21. The topological polar surface area (TPSA) is 50.8 Å². The quantitative estimate of drug-likeness (QED) is 0.781. The van der Waals surface area contributed by atoms with E-state index in [1.54, 1.807) is 0 Å². The van der Waals surface area contributed by atoms with Gasteiger partial charge in [0.05, 0.1) is 25.9 Å². The Bertz CT molecular complexity index is 254. The first-order valence-corrected chi connectivity index (χ1v) is 6.48. The number of carbonyl (C=O) groups excluding carboxylic acids is 1. The van der Waals surface area contributed by atoms with E-state index in [2.05, 4.69) is 12.2 Å². The molecule has 0 aromatic carbocycles. The number of urea groups is 1. The van der Waals surface area contributed by atoms with E-state index in [0.29, 0.717) is 32.3 Å². The van der Waals surface area contributed by atoms with Crippen LogP contribution < -0.4 is 5.32 Å². The molecule has 2 saturated heterocycles. The molecule has 0 saturated carbocycles. The first kappa shape index (κ1) is 12.6. The predicted molar refractivity (Wildman–Crippen MR) is 63.9 cm³/mol. The van der Waals surface area contributed by atoms with Crippen molar-refractivity contribution in [3.63, 3.8) is 0 Å². The molecule has 0 aromatic heterocycles. The van der Waals surface area contributed by atoms with Crippen LogP contribution in [0.1, 0.15) is 19.8 Å². The van der Waals surface area contributed by atoms with Crippen molar-refractivity contribution in [1.82, 2.24) is 10.2 Å². The van der Waals surface area contributed by atoms with Crippen LogP contribution in [0.3, 0.4) is 0 Å². The summed E-state index contributed by atoms with van der Waals surface area (Å²) < 4.78 is 10.8. The maximum atomic E-state index is 11.9. The van der Waals surface area contributed by atoms with E-state index in [1.807, 2.05) is 4.90 Å². The molecule has 1 N–H and O–H groups in total. The Hall–Kier alpha value is -0.810. The minimum absolute atomic E-state index is 0.00918. The summed E-state index contributed by atoms with van der Waals surface area (Å²) in [4.78, 5) is 13.8. The Kier molecular flexibility index (Phi) is 4.62. The van der Waals surface area contributed by atoms with Crippen LogP contribution >= 0.6 is 0 Å². The van der Waals surface area contributed by atoms with Crippen molar-refractivity contribution in [2.75, 3.05) is 39.5 Å². The molecule has 0 aliphatic carbocycles. The third-order valence-corrected chi connectivity index (χ3v) is 3.31. The second-order valence-electron chi connectivity index (χ2n) is 4.95. The molecule has 2 amide bonds. The number of nitrogens with one attached hydrogen (secondary N) is 1. The lowest BCUT2D eigenvalue weighted by atomic mass is 10.0. The minimum atomic E-state index is 0.00918. The van der Waals surface area contributed by atoms with E-state index in [4.69, 9.17) is 9.47 Å². The summed E-state index contributed by atoms with van der Waals surface area (Å²) in [6.45, 7) is 6.35. The van der Waals surface area contributed by atoms with Gasteiger partial charge in [-0.15, -0.1) is 0 Å². The molecule has 0 spiro atoms. The van der Waals surface area contributed by atoms with Gasteiger partial charge in [0.25, 0.3) is 0 Å². The standard InChI is InChI=1S/C12H22N2O3/c1-10-3-2-4-14(8-10)12(15)13-7-11-9-16-5-6-17-11/h10-11H,2-9H2,1H3,(H,13,15). The summed E-state index contributed by atoms with van der Waals surface area (Å²) in [6, 6.07) is 0.0331. The van der Waals surface area contributed by atoms with Gasteiger partial charge < -0.3 is 19.7 Å². The van der Waals surface area contributed by atoms with Gasteiger partial charge in [0.15, 0.2) is 0 Å². The van der Waals surface area contributed by atoms with Crippen molar-refractivity contribution < 1.29 is 14.3 Å². The lowest BCUT2D eigenvalue weighted by molar-refractivity contribution is -0.0856. The van der Waals surface area contributed by atoms with Crippen molar-refractivity contribution in [1.29, 1.82) is 0 Å². The van der Waals surface area contributed by atoms with Crippen LogP contribution in [-0.2, 0) is 9.47 Å². The fraction of sp³-hybridized carbons (Fsp3) is 0.917. The van der Waals surface area contributed by atoms with E-state index < -0.39 is 0 Å². The molecule has 2 heterocycles. The van der Waals surface area contributed by atoms with Crippen LogP contribution in [0, 0.1) is 5.92 Å². The molecule has 2 atom stereocenters. The van der Waals surface area contributed by atoms with Gasteiger partial charge in [0, 0.05) is 19.6 Å². The van der Waals surface area contributed by atoms with Gasteiger partial charge in [-0.1, -0.05) is 6.92 Å². The second-order valence-corrected chi connectivity index (χ2v) is 4.95. The molecule has 17 heavy (non-hydrogen) atoms. The number of ether oxygens (including phenoxy) is 2. The zero-order chi connectivity index (χ0) is 12.1. The maximum Gasteiger partial charge on any atom is 0.317 e. The first-order valence-electron chi connectivity index (χ1n) is 6.48. The van der Waals surface area contributed by atoms with E-state index in [-0.39, 0.29) is 12.1 Å². The smallest absolute Gasteiger partial charge is 0.317 e. The highest BCUT2D eigenvalue weighted by Gasteiger charge is 2.22. The van der Waals surface area contributed by atoms with Crippen molar-refractivity contribution in [2.24, 2.45) is 5.92 Å². The van der Waals surface area contributed by atoms with E-state index in [9.17, 15) is 4.79 Å². The van der Waals surface area contributed by atoms with Crippen LogP contribution in [-0.4, -0.2) is 56.5 Å². The van der Waals surface area contributed by atoms with Crippen molar-refractivity contribution in [2.45, 2.75) is 25.9 Å². The van der Waals surface area contributed by atoms with Crippen LogP contribution in [0.25, 0.3) is 0 Å². The summed E-state index contributed by atoms with van der Waals surface area (Å²) in [5.41, 5.74) is 0. The number of piperidine rings is 1. The summed E-state index contributed by atoms with van der Waals surface area (Å²) in [5.74, 6) is 0.615. The minimum Gasteiger partial charge on any atom is -0.376 e. The van der Waals surface area contributed by atoms with Gasteiger partial charge in [-0.3, -0.25) is 0 Å². The Labute approximate surface area is 102 Å². The van der Waals surface area contributed by atoms with Gasteiger partial charge >= 0.3 is 6.03 Å². The molecular formula is C12H22N2O3. The van der Waals surface area contributed by atoms with Gasteiger partial charge in [0.2, 0.25) is 0 Å². The summed E-state index contributed by atoms with van der Waals surface area (Å²) in [5, 5.41) is 2.92. The predicted octanol–water partition coefficient (Wildman–Crippen LogP) is 0.843. The molecule has 2 fully saturated rings. The number of hydrogen-bond acceptors (Lipinski definition) is 3. The Balaban J connectivity index is 1.69. The van der Waals surface area contributed by atoms with Crippen LogP contribution in [0.4, 0.5) is 4.79 Å². The molecular weight excluding hydrogens is 220 g/mol. The fourth-order valence-corrected chi connectivity index (χ4v) is 2.34. The number of carbonyl (C=O) groups is 1. The normalized spacial score (nSPS) is 30.1. The molecule has 2 unspecified atom stereocenters. The molecule has 2 aliphatic heterocycles. The molecule has 2 aliphatic rings. The molecule has 5 heteroatoms. The average Bonchev–Trinajstić information content (AvgIpc) is 2.37. The van der Waals surface area contributed by atoms with E-state index >= 15 is 0 Å². The first-order chi connectivity index (χ1) is 8.25. The fourth-order valence-electron chi connectivity index (χ4n) is 2.34. The molecule has 0 bridgehead atoms. The van der Waals surface area contributed by atoms with E-state index in [0.717, 1.165) is 19.5 Å². The third-order valence-electron chi connectivity index (χ3n) is 3.31. The highest BCUT2D eigenvalue weighted by atomic mass is 16.6. The number of amides is 2. The van der Waals surface area contributed by atoms with Gasteiger partial charge in [-0.25, -0.2) is 4.79 Å². The molecule has 0 aromatic rings. The number of likely N-dealkylation sites (tertiary alicyclic amines) is 1. The zero-order valence-corrected chi connectivity index (χ0v) is 10.5. The van der Waals surface area contributed by atoms with Crippen LogP contribution in [0.5, 0.6) is 0 Å². The van der Waals surface area contributed by atoms with Gasteiger partial charge in [-0.2, -0.15) is 0 Å². The molecule has 5 nitrogen and oxygen atoms in total. The van der Waals surface area contributed by atoms with Crippen molar-refractivity contribution in [3.8, 4) is 0 Å². The van der Waals surface area contributed by atoms with Gasteiger partial charge in [-0.05, 0) is 18.8 Å². The summed E-state index contributed by atoms with van der Waals surface area (Å²) >= 11 is 0. The summed E-state index contributed by atoms with van der Waals surface area (Å²) in [7, 11) is 0. The SMILES string of the molecule is CC1CCCN(C(=O)NCC2COCCO2)C1. The summed E-state index contributed by atoms with van der Waals surface area (Å²) in [6.07, 6.45) is 2.34. The molecule has 98 valence electrons. The van der Waals surface area contributed by atoms with Crippen LogP contribution in [0.15, 0.2) is 0 Å². The van der Waals surface area contributed by atoms with Crippen molar-refractivity contribution >= 4 is 6.03 Å². The van der Waals surface area contributed by atoms with Gasteiger partial charge in [0.1, 0.15) is 0 Å². The highest BCUT2D eigenvalue weighted by molar-refractivity contribution is 5.74. The molecule has 0 radical (unpaired) electrons. The average molecular weight is 242 g/mol. The number of nitrogens with zero attached hydrogens (tertiary/aromatic N) is 1. The monoisotopic (exact) mass is 242 g/mol. The lowest BCUT2D eigenvalue weighted by Crippen LogP contribution is -2.48. The van der Waals surface area contributed by atoms with E-state index in [1.165, 1.54) is 6.42 Å². The van der Waals surface area contributed by atoms with Crippen molar-refractivity contribution in [3.05, 3.63) is 0 Å². The number of hydrogen-bond donors (Lipinski definition) is 1. The third kappa shape index (κ3) is 3.85. The lowest BCUT2D eigenvalue weighted by Gasteiger charge is -2.31. The molecule has 2 rings (SSSR count). The Morgan fingerprint density at radius 1 is 1.47 bits per heavy atom. The van der Waals surface area contributed by atoms with Crippen LogP contribution in [0.2, 0.25) is 0 Å². The largest absolute Gasteiger partial charge is 0.376 e.